The van der Waals surface area contributed by atoms with Crippen molar-refractivity contribution in [2.24, 2.45) is 7.05 Å². The van der Waals surface area contributed by atoms with Gasteiger partial charge >= 0.3 is 0 Å². The molecule has 0 amide bonds. The summed E-state index contributed by atoms with van der Waals surface area (Å²) >= 11 is 0. The molecule has 5 heteroatoms. The molecule has 0 saturated carbocycles. The Morgan fingerprint density at radius 2 is 1.90 bits per heavy atom. The van der Waals surface area contributed by atoms with E-state index in [4.69, 9.17) is 0 Å². The zero-order valence-corrected chi connectivity index (χ0v) is 14.1. The summed E-state index contributed by atoms with van der Waals surface area (Å²) in [5, 5.41) is 12.1. The Hall–Kier alpha value is -0.940. The molecule has 1 aromatic heterocycles. The van der Waals surface area contributed by atoms with Crippen molar-refractivity contribution >= 4 is 0 Å². The molecule has 0 aromatic carbocycles. The fourth-order valence-corrected chi connectivity index (χ4v) is 3.87. The predicted molar refractivity (Wildman–Crippen MR) is 86.2 cm³/mol. The van der Waals surface area contributed by atoms with Crippen molar-refractivity contribution < 1.29 is 0 Å². The average Bonchev–Trinajstić information content (AvgIpc) is 3.16. The summed E-state index contributed by atoms with van der Waals surface area (Å²) in [4.78, 5) is 2.70. The maximum Gasteiger partial charge on any atom is 0.0772 e. The van der Waals surface area contributed by atoms with Gasteiger partial charge in [0.05, 0.1) is 17.9 Å². The first kappa shape index (κ1) is 16.4. The van der Waals surface area contributed by atoms with Crippen LogP contribution in [0.3, 0.4) is 0 Å². The molecule has 0 radical (unpaired) electrons. The molecule has 0 bridgehead atoms. The summed E-state index contributed by atoms with van der Waals surface area (Å²) in [7, 11) is 2.00. The van der Waals surface area contributed by atoms with Crippen LogP contribution in [0.15, 0.2) is 6.20 Å². The first-order chi connectivity index (χ1) is 10.2. The molecule has 5 nitrogen and oxygen atoms in total. The van der Waals surface area contributed by atoms with E-state index in [0.29, 0.717) is 6.04 Å². The second kappa shape index (κ2) is 7.36. The molecule has 1 aliphatic rings. The zero-order chi connectivity index (χ0) is 15.3. The zero-order valence-electron chi connectivity index (χ0n) is 14.1. The van der Waals surface area contributed by atoms with E-state index in [-0.39, 0.29) is 5.54 Å². The summed E-state index contributed by atoms with van der Waals surface area (Å²) in [5.74, 6) is 0. The summed E-state index contributed by atoms with van der Waals surface area (Å²) < 4.78 is 1.93. The van der Waals surface area contributed by atoms with Crippen LogP contribution in [0.25, 0.3) is 0 Å². The number of nitrogens with zero attached hydrogens (tertiary/aromatic N) is 4. The normalized spacial score (nSPS) is 18.3. The molecule has 1 N–H and O–H groups in total. The van der Waals surface area contributed by atoms with Crippen LogP contribution < -0.4 is 5.32 Å². The van der Waals surface area contributed by atoms with Gasteiger partial charge in [0.15, 0.2) is 0 Å². The second-order valence-corrected chi connectivity index (χ2v) is 6.17. The lowest BCUT2D eigenvalue weighted by molar-refractivity contribution is 0.0586. The number of likely N-dealkylation sites (tertiary alicyclic amines) is 1. The van der Waals surface area contributed by atoms with Gasteiger partial charge < -0.3 is 5.32 Å². The lowest BCUT2D eigenvalue weighted by atomic mass is 9.81. The molecule has 1 saturated heterocycles. The smallest absolute Gasteiger partial charge is 0.0772 e. The quantitative estimate of drug-likeness (QED) is 0.800. The van der Waals surface area contributed by atoms with E-state index in [1.54, 1.807) is 0 Å². The van der Waals surface area contributed by atoms with Gasteiger partial charge in [-0.25, -0.2) is 0 Å². The highest BCUT2D eigenvalue weighted by molar-refractivity contribution is 5.13. The molecule has 1 atom stereocenters. The summed E-state index contributed by atoms with van der Waals surface area (Å²) in [6.45, 7) is 10.3. The van der Waals surface area contributed by atoms with Gasteiger partial charge in [0.2, 0.25) is 0 Å². The van der Waals surface area contributed by atoms with Gasteiger partial charge in [-0.15, -0.1) is 5.10 Å². The molecule has 1 aromatic rings. The third kappa shape index (κ3) is 3.14. The van der Waals surface area contributed by atoms with E-state index in [9.17, 15) is 0 Å². The maximum absolute atomic E-state index is 4.16. The fraction of sp³-hybridized carbons (Fsp3) is 0.875. The van der Waals surface area contributed by atoms with E-state index in [2.05, 4.69) is 41.3 Å². The molecular weight excluding hydrogens is 262 g/mol. The van der Waals surface area contributed by atoms with Gasteiger partial charge in [-0.3, -0.25) is 9.58 Å². The van der Waals surface area contributed by atoms with Gasteiger partial charge in [-0.05, 0) is 51.7 Å². The molecule has 1 aliphatic heterocycles. The van der Waals surface area contributed by atoms with Crippen LogP contribution in [-0.4, -0.2) is 45.1 Å². The van der Waals surface area contributed by atoms with Gasteiger partial charge in [0.25, 0.3) is 0 Å². The molecule has 1 fully saturated rings. The summed E-state index contributed by atoms with van der Waals surface area (Å²) in [6, 6.07) is 0.297. The number of hydrogen-bond acceptors (Lipinski definition) is 4. The van der Waals surface area contributed by atoms with E-state index in [1.807, 2.05) is 17.9 Å². The first-order valence-corrected chi connectivity index (χ1v) is 8.52. The number of rotatable bonds is 8. The summed E-state index contributed by atoms with van der Waals surface area (Å²) in [5.41, 5.74) is 1.38. The van der Waals surface area contributed by atoms with Crippen molar-refractivity contribution in [3.63, 3.8) is 0 Å². The Morgan fingerprint density at radius 1 is 1.24 bits per heavy atom. The van der Waals surface area contributed by atoms with Crippen LogP contribution in [0.1, 0.15) is 64.6 Å². The topological polar surface area (TPSA) is 46.0 Å². The number of hydrogen-bond donors (Lipinski definition) is 1. The van der Waals surface area contributed by atoms with Gasteiger partial charge in [0.1, 0.15) is 0 Å². The molecule has 0 spiro atoms. The molecule has 120 valence electrons. The third-order valence-electron chi connectivity index (χ3n) is 5.14. The monoisotopic (exact) mass is 293 g/mol. The van der Waals surface area contributed by atoms with Gasteiger partial charge in [0, 0.05) is 12.6 Å². The van der Waals surface area contributed by atoms with E-state index in [0.717, 1.165) is 25.8 Å². The van der Waals surface area contributed by atoms with Crippen molar-refractivity contribution in [1.29, 1.82) is 0 Å². The third-order valence-corrected chi connectivity index (χ3v) is 5.14. The van der Waals surface area contributed by atoms with Crippen LogP contribution in [0, 0.1) is 0 Å². The highest BCUT2D eigenvalue weighted by atomic mass is 15.4. The Balaban J connectivity index is 2.36. The van der Waals surface area contributed by atoms with Crippen molar-refractivity contribution in [2.45, 2.75) is 64.5 Å². The lowest BCUT2D eigenvalue weighted by Crippen LogP contribution is -2.55. The molecule has 1 unspecified atom stereocenters. The predicted octanol–water partition coefficient (Wildman–Crippen LogP) is 2.51. The highest BCUT2D eigenvalue weighted by Crippen LogP contribution is 2.39. The van der Waals surface area contributed by atoms with Crippen molar-refractivity contribution in [1.82, 2.24) is 25.2 Å². The van der Waals surface area contributed by atoms with Crippen LogP contribution >= 0.6 is 0 Å². The van der Waals surface area contributed by atoms with Gasteiger partial charge in [-0.2, -0.15) is 0 Å². The first-order valence-electron chi connectivity index (χ1n) is 8.52. The molecule has 2 heterocycles. The van der Waals surface area contributed by atoms with Crippen LogP contribution in [0.5, 0.6) is 0 Å². The van der Waals surface area contributed by atoms with Crippen LogP contribution in [0.2, 0.25) is 0 Å². The maximum atomic E-state index is 4.16. The SMILES string of the molecule is CCCNC(c1cnnn1C)C(CC)(CC)N1CCCC1. The number of nitrogens with one attached hydrogen (secondary N) is 1. The van der Waals surface area contributed by atoms with Crippen molar-refractivity contribution in [2.75, 3.05) is 19.6 Å². The van der Waals surface area contributed by atoms with Crippen LogP contribution in [-0.2, 0) is 7.05 Å². The summed E-state index contributed by atoms with van der Waals surface area (Å²) in [6.07, 6.45) is 8.03. The molecule has 2 rings (SSSR count). The molecule has 21 heavy (non-hydrogen) atoms. The Morgan fingerprint density at radius 3 is 2.38 bits per heavy atom. The Labute approximate surface area is 129 Å². The molecular formula is C16H31N5. The second-order valence-electron chi connectivity index (χ2n) is 6.17. The number of aromatic nitrogens is 3. The lowest BCUT2D eigenvalue weighted by Gasteiger charge is -2.47. The standard InChI is InChI=1S/C16H31N5/c1-5-10-17-15(14-13-18-19-20(14)4)16(6-2,7-3)21-11-8-9-12-21/h13,15,17H,5-12H2,1-4H3. The fourth-order valence-electron chi connectivity index (χ4n) is 3.87. The van der Waals surface area contributed by atoms with Crippen molar-refractivity contribution in [3.05, 3.63) is 11.9 Å². The van der Waals surface area contributed by atoms with Crippen molar-refractivity contribution in [3.8, 4) is 0 Å². The largest absolute Gasteiger partial charge is 0.307 e. The van der Waals surface area contributed by atoms with E-state index < -0.39 is 0 Å². The average molecular weight is 293 g/mol. The van der Waals surface area contributed by atoms with E-state index >= 15 is 0 Å². The Bertz CT molecular complexity index is 418. The van der Waals surface area contributed by atoms with E-state index in [1.165, 1.54) is 31.6 Å². The minimum atomic E-state index is 0.168. The van der Waals surface area contributed by atoms with Gasteiger partial charge in [-0.1, -0.05) is 26.0 Å². The molecule has 0 aliphatic carbocycles. The van der Waals surface area contributed by atoms with Crippen LogP contribution in [0.4, 0.5) is 0 Å². The Kier molecular flexibility index (Phi) is 5.76. The minimum absolute atomic E-state index is 0.168. The number of aryl methyl sites for hydroxylation is 1. The minimum Gasteiger partial charge on any atom is -0.307 e. The highest BCUT2D eigenvalue weighted by Gasteiger charge is 2.43.